The Morgan fingerprint density at radius 1 is 1.36 bits per heavy atom. The summed E-state index contributed by atoms with van der Waals surface area (Å²) in [6.45, 7) is 7.52. The third-order valence-corrected chi connectivity index (χ3v) is 2.96. The Bertz CT molecular complexity index is 283. The molecular weight excluding hydrogens is 242 g/mol. The van der Waals surface area contributed by atoms with Crippen LogP contribution >= 0.6 is 15.9 Å². The van der Waals surface area contributed by atoms with Crippen molar-refractivity contribution >= 4 is 15.9 Å². The van der Waals surface area contributed by atoms with Crippen LogP contribution in [-0.2, 0) is 11.9 Å². The molecule has 0 bridgehead atoms. The molecule has 0 saturated carbocycles. The topological polar surface area (TPSA) is 30.7 Å². The Kier molecular flexibility index (Phi) is 4.58. The van der Waals surface area contributed by atoms with Crippen LogP contribution in [0.4, 0.5) is 0 Å². The third kappa shape index (κ3) is 2.35. The lowest BCUT2D eigenvalue weighted by Gasteiger charge is -2.11. The number of hydrogen-bond acceptors (Lipinski definition) is 2. The molecule has 1 heterocycles. The van der Waals surface area contributed by atoms with Crippen LogP contribution in [-0.4, -0.2) is 14.8 Å². The summed E-state index contributed by atoms with van der Waals surface area (Å²) in [5.41, 5.74) is 0. The number of halogens is 1. The smallest absolute Gasteiger partial charge is 0.143 e. The summed E-state index contributed by atoms with van der Waals surface area (Å²) in [7, 11) is 0. The first-order valence-electron chi connectivity index (χ1n) is 5.22. The van der Waals surface area contributed by atoms with Gasteiger partial charge in [0.15, 0.2) is 0 Å². The Morgan fingerprint density at radius 3 is 2.57 bits per heavy atom. The largest absolute Gasteiger partial charge is 0.314 e. The van der Waals surface area contributed by atoms with E-state index >= 15 is 0 Å². The normalized spacial score (nSPS) is 13.1. The molecule has 0 N–H and O–H groups in total. The monoisotopic (exact) mass is 259 g/mol. The zero-order valence-electron chi connectivity index (χ0n) is 9.13. The van der Waals surface area contributed by atoms with Gasteiger partial charge in [-0.15, -0.1) is 10.2 Å². The van der Waals surface area contributed by atoms with Gasteiger partial charge in [-0.1, -0.05) is 36.2 Å². The SMILES string of the molecule is CCCC(C)c1nnc(CBr)n1CC. The fourth-order valence-electron chi connectivity index (χ4n) is 1.72. The molecule has 0 aliphatic carbocycles. The highest BCUT2D eigenvalue weighted by molar-refractivity contribution is 9.08. The Morgan fingerprint density at radius 2 is 2.07 bits per heavy atom. The average molecular weight is 260 g/mol. The van der Waals surface area contributed by atoms with Crippen LogP contribution in [0.2, 0.25) is 0 Å². The number of nitrogens with zero attached hydrogens (tertiary/aromatic N) is 3. The molecule has 80 valence electrons. The third-order valence-electron chi connectivity index (χ3n) is 2.45. The molecule has 3 nitrogen and oxygen atoms in total. The summed E-state index contributed by atoms with van der Waals surface area (Å²) in [5, 5.41) is 9.22. The first-order chi connectivity index (χ1) is 6.74. The Labute approximate surface area is 94.0 Å². The molecule has 1 rings (SSSR count). The molecule has 0 aliphatic heterocycles. The lowest BCUT2D eigenvalue weighted by molar-refractivity contribution is 0.572. The summed E-state index contributed by atoms with van der Waals surface area (Å²) in [6.07, 6.45) is 2.38. The minimum atomic E-state index is 0.514. The maximum Gasteiger partial charge on any atom is 0.143 e. The van der Waals surface area contributed by atoms with Gasteiger partial charge >= 0.3 is 0 Å². The molecular formula is C10H18BrN3. The lowest BCUT2D eigenvalue weighted by atomic mass is 10.1. The second kappa shape index (κ2) is 5.49. The van der Waals surface area contributed by atoms with Gasteiger partial charge in [0.25, 0.3) is 0 Å². The molecule has 0 saturated heterocycles. The fraction of sp³-hybridized carbons (Fsp3) is 0.800. The maximum atomic E-state index is 4.26. The van der Waals surface area contributed by atoms with Crippen LogP contribution in [0, 0.1) is 0 Å². The van der Waals surface area contributed by atoms with Crippen molar-refractivity contribution in [2.45, 2.75) is 51.4 Å². The highest BCUT2D eigenvalue weighted by atomic mass is 79.9. The van der Waals surface area contributed by atoms with E-state index in [9.17, 15) is 0 Å². The summed E-state index contributed by atoms with van der Waals surface area (Å²) >= 11 is 3.43. The molecule has 0 radical (unpaired) electrons. The summed E-state index contributed by atoms with van der Waals surface area (Å²) < 4.78 is 2.20. The Hall–Kier alpha value is -0.380. The summed E-state index contributed by atoms with van der Waals surface area (Å²) in [4.78, 5) is 0. The van der Waals surface area contributed by atoms with Crippen molar-refractivity contribution in [3.8, 4) is 0 Å². The lowest BCUT2D eigenvalue weighted by Crippen LogP contribution is -2.08. The van der Waals surface area contributed by atoms with Crippen LogP contribution in [0.3, 0.4) is 0 Å². The molecule has 0 aromatic carbocycles. The van der Waals surface area contributed by atoms with E-state index in [1.807, 2.05) is 0 Å². The zero-order chi connectivity index (χ0) is 10.6. The van der Waals surface area contributed by atoms with Crippen molar-refractivity contribution in [2.24, 2.45) is 0 Å². The second-order valence-corrected chi connectivity index (χ2v) is 4.10. The molecule has 0 fully saturated rings. The van der Waals surface area contributed by atoms with Crippen LogP contribution in [0.25, 0.3) is 0 Å². The van der Waals surface area contributed by atoms with Gasteiger partial charge in [0, 0.05) is 12.5 Å². The van der Waals surface area contributed by atoms with E-state index in [1.165, 1.54) is 12.8 Å². The van der Waals surface area contributed by atoms with Gasteiger partial charge in [-0.3, -0.25) is 0 Å². The molecule has 4 heteroatoms. The first-order valence-corrected chi connectivity index (χ1v) is 6.34. The van der Waals surface area contributed by atoms with Crippen molar-refractivity contribution in [1.29, 1.82) is 0 Å². The molecule has 0 amide bonds. The first kappa shape index (κ1) is 11.7. The molecule has 14 heavy (non-hydrogen) atoms. The molecule has 1 unspecified atom stereocenters. The van der Waals surface area contributed by atoms with Crippen molar-refractivity contribution in [3.63, 3.8) is 0 Å². The highest BCUT2D eigenvalue weighted by Gasteiger charge is 2.14. The zero-order valence-corrected chi connectivity index (χ0v) is 10.7. The van der Waals surface area contributed by atoms with Crippen LogP contribution in [0.5, 0.6) is 0 Å². The van der Waals surface area contributed by atoms with Gasteiger partial charge in [0.1, 0.15) is 11.6 Å². The molecule has 1 aromatic rings. The van der Waals surface area contributed by atoms with Crippen LogP contribution in [0.1, 0.15) is 51.2 Å². The quantitative estimate of drug-likeness (QED) is 0.761. The number of alkyl halides is 1. The molecule has 0 aliphatic rings. The number of rotatable bonds is 5. The van der Waals surface area contributed by atoms with E-state index < -0.39 is 0 Å². The minimum absolute atomic E-state index is 0.514. The van der Waals surface area contributed by atoms with Crippen molar-refractivity contribution in [1.82, 2.24) is 14.8 Å². The van der Waals surface area contributed by atoms with E-state index in [0.717, 1.165) is 23.5 Å². The van der Waals surface area contributed by atoms with E-state index in [4.69, 9.17) is 0 Å². The van der Waals surface area contributed by atoms with Crippen LogP contribution in [0.15, 0.2) is 0 Å². The molecule has 1 atom stereocenters. The van der Waals surface area contributed by atoms with Gasteiger partial charge in [-0.25, -0.2) is 0 Å². The number of aromatic nitrogens is 3. The van der Waals surface area contributed by atoms with Gasteiger partial charge in [0.05, 0.1) is 5.33 Å². The van der Waals surface area contributed by atoms with E-state index in [-0.39, 0.29) is 0 Å². The van der Waals surface area contributed by atoms with E-state index in [0.29, 0.717) is 5.92 Å². The van der Waals surface area contributed by atoms with Crippen molar-refractivity contribution < 1.29 is 0 Å². The van der Waals surface area contributed by atoms with Gasteiger partial charge in [-0.05, 0) is 13.3 Å². The van der Waals surface area contributed by atoms with Gasteiger partial charge in [-0.2, -0.15) is 0 Å². The number of hydrogen-bond donors (Lipinski definition) is 0. The fourth-order valence-corrected chi connectivity index (χ4v) is 2.13. The van der Waals surface area contributed by atoms with Crippen molar-refractivity contribution in [2.75, 3.05) is 0 Å². The molecule has 1 aromatic heterocycles. The summed E-state index contributed by atoms with van der Waals surface area (Å²) in [5.74, 6) is 2.68. The van der Waals surface area contributed by atoms with Gasteiger partial charge < -0.3 is 4.57 Å². The second-order valence-electron chi connectivity index (χ2n) is 3.54. The van der Waals surface area contributed by atoms with Gasteiger partial charge in [0.2, 0.25) is 0 Å². The standard InChI is InChI=1S/C10H18BrN3/c1-4-6-8(3)10-13-12-9(7-11)14(10)5-2/h8H,4-7H2,1-3H3. The predicted octanol–water partition coefficient (Wildman–Crippen LogP) is 3.10. The van der Waals surface area contributed by atoms with E-state index in [2.05, 4.69) is 51.5 Å². The minimum Gasteiger partial charge on any atom is -0.314 e. The predicted molar refractivity (Wildman–Crippen MR) is 61.7 cm³/mol. The average Bonchev–Trinajstić information content (AvgIpc) is 2.60. The highest BCUT2D eigenvalue weighted by Crippen LogP contribution is 2.20. The summed E-state index contributed by atoms with van der Waals surface area (Å²) in [6, 6.07) is 0. The van der Waals surface area contributed by atoms with E-state index in [1.54, 1.807) is 0 Å². The van der Waals surface area contributed by atoms with Crippen LogP contribution < -0.4 is 0 Å². The molecule has 0 spiro atoms. The Balaban J connectivity index is 2.90. The maximum absolute atomic E-state index is 4.26. The van der Waals surface area contributed by atoms with Crippen molar-refractivity contribution in [3.05, 3.63) is 11.6 Å².